The van der Waals surface area contributed by atoms with E-state index >= 15 is 0 Å². The maximum Gasteiger partial charge on any atom is 0.431 e. The quantitative estimate of drug-likeness (QED) is 0.837. The highest BCUT2D eigenvalue weighted by Crippen LogP contribution is 2.23. The molecule has 1 aromatic carbocycles. The first-order valence-corrected chi connectivity index (χ1v) is 7.61. The van der Waals surface area contributed by atoms with Gasteiger partial charge < -0.3 is 4.74 Å². The van der Waals surface area contributed by atoms with Gasteiger partial charge >= 0.3 is 6.09 Å². The second kappa shape index (κ2) is 8.13. The molecule has 0 atom stereocenters. The van der Waals surface area contributed by atoms with E-state index in [-0.39, 0.29) is 17.5 Å². The minimum absolute atomic E-state index is 0.0162. The second-order valence-corrected chi connectivity index (χ2v) is 5.69. The van der Waals surface area contributed by atoms with Gasteiger partial charge in [-0.2, -0.15) is 10.2 Å². The fraction of sp³-hybridized carbons (Fsp3) is 0.250. The van der Waals surface area contributed by atoms with E-state index < -0.39 is 6.09 Å². The Morgan fingerprint density at radius 3 is 2.83 bits per heavy atom. The first-order valence-electron chi connectivity index (χ1n) is 7.23. The van der Waals surface area contributed by atoms with E-state index in [0.717, 1.165) is 0 Å². The van der Waals surface area contributed by atoms with E-state index in [9.17, 15) is 4.79 Å². The van der Waals surface area contributed by atoms with E-state index in [0.29, 0.717) is 17.4 Å². The van der Waals surface area contributed by atoms with Crippen LogP contribution in [0.3, 0.4) is 0 Å². The van der Waals surface area contributed by atoms with Crippen LogP contribution in [0.2, 0.25) is 5.02 Å². The number of rotatable bonds is 5. The molecule has 8 heteroatoms. The van der Waals surface area contributed by atoms with Crippen LogP contribution in [0.15, 0.2) is 36.5 Å². The van der Waals surface area contributed by atoms with Crippen molar-refractivity contribution in [2.45, 2.75) is 13.8 Å². The number of nitrogens with zero attached hydrogens (tertiary/aromatic N) is 4. The molecule has 0 spiro atoms. The lowest BCUT2D eigenvalue weighted by Gasteiger charge is -2.25. The van der Waals surface area contributed by atoms with Crippen LogP contribution >= 0.6 is 11.6 Å². The Balaban J connectivity index is 2.15. The third kappa shape index (κ3) is 4.83. The highest BCUT2D eigenvalue weighted by molar-refractivity contribution is 6.32. The van der Waals surface area contributed by atoms with Gasteiger partial charge in [-0.05, 0) is 18.1 Å². The molecule has 0 fully saturated rings. The predicted octanol–water partition coefficient (Wildman–Crippen LogP) is 3.17. The van der Waals surface area contributed by atoms with Crippen LogP contribution in [0, 0.1) is 17.2 Å². The lowest BCUT2D eigenvalue weighted by atomic mass is 10.2. The number of hydrazine groups is 1. The van der Waals surface area contributed by atoms with E-state index in [2.05, 4.69) is 15.4 Å². The number of para-hydroxylation sites is 1. The zero-order valence-corrected chi connectivity index (χ0v) is 14.0. The predicted molar refractivity (Wildman–Crippen MR) is 89.5 cm³/mol. The van der Waals surface area contributed by atoms with Gasteiger partial charge in [0.2, 0.25) is 5.82 Å². The molecule has 0 unspecified atom stereocenters. The normalized spacial score (nSPS) is 10.1. The average molecular weight is 346 g/mol. The van der Waals surface area contributed by atoms with Crippen molar-refractivity contribution in [2.75, 3.05) is 11.6 Å². The zero-order valence-electron chi connectivity index (χ0n) is 13.2. The van der Waals surface area contributed by atoms with Crippen molar-refractivity contribution in [2.24, 2.45) is 5.92 Å². The van der Waals surface area contributed by atoms with Gasteiger partial charge in [-0.1, -0.05) is 37.6 Å². The third-order valence-corrected chi connectivity index (χ3v) is 3.14. The fourth-order valence-corrected chi connectivity index (χ4v) is 2.05. The summed E-state index contributed by atoms with van der Waals surface area (Å²) in [5, 5.41) is 10.7. The highest BCUT2D eigenvalue weighted by atomic mass is 35.5. The molecular formula is C16H16ClN5O2. The summed E-state index contributed by atoms with van der Waals surface area (Å²) < 4.78 is 5.20. The molecule has 124 valence electrons. The van der Waals surface area contributed by atoms with Crippen molar-refractivity contribution in [1.82, 2.24) is 15.4 Å². The van der Waals surface area contributed by atoms with E-state index in [1.165, 1.54) is 11.2 Å². The van der Waals surface area contributed by atoms with Gasteiger partial charge in [0.15, 0.2) is 11.6 Å². The molecule has 1 N–H and O–H groups in total. The van der Waals surface area contributed by atoms with Gasteiger partial charge in [-0.3, -0.25) is 5.01 Å². The molecular weight excluding hydrogens is 330 g/mol. The number of anilines is 1. The van der Waals surface area contributed by atoms with Crippen molar-refractivity contribution in [3.8, 4) is 11.8 Å². The first kappa shape index (κ1) is 17.5. The fourth-order valence-electron chi connectivity index (χ4n) is 1.88. The van der Waals surface area contributed by atoms with Crippen molar-refractivity contribution in [3.63, 3.8) is 0 Å². The second-order valence-electron chi connectivity index (χ2n) is 5.29. The van der Waals surface area contributed by atoms with Crippen LogP contribution in [0.1, 0.15) is 19.7 Å². The number of aromatic nitrogens is 2. The topological polar surface area (TPSA) is 91.1 Å². The van der Waals surface area contributed by atoms with Crippen LogP contribution in [-0.2, 0) is 0 Å². The van der Waals surface area contributed by atoms with Gasteiger partial charge in [0.1, 0.15) is 6.07 Å². The molecule has 7 nitrogen and oxygen atoms in total. The molecule has 0 aliphatic rings. The van der Waals surface area contributed by atoms with E-state index in [1.54, 1.807) is 30.3 Å². The highest BCUT2D eigenvalue weighted by Gasteiger charge is 2.16. The Labute approximate surface area is 144 Å². The summed E-state index contributed by atoms with van der Waals surface area (Å²) >= 11 is 5.97. The average Bonchev–Trinajstić information content (AvgIpc) is 2.56. The number of hydrogen-bond donors (Lipinski definition) is 1. The van der Waals surface area contributed by atoms with Crippen molar-refractivity contribution in [3.05, 3.63) is 47.4 Å². The maximum absolute atomic E-state index is 12.1. The van der Waals surface area contributed by atoms with Gasteiger partial charge in [-0.25, -0.2) is 15.2 Å². The molecule has 1 amide bonds. The summed E-state index contributed by atoms with van der Waals surface area (Å²) in [5.74, 6) is 0.890. The molecule has 0 saturated carbocycles. The maximum atomic E-state index is 12.1. The molecule has 1 heterocycles. The first-order chi connectivity index (χ1) is 11.5. The van der Waals surface area contributed by atoms with Crippen molar-refractivity contribution >= 4 is 23.5 Å². The van der Waals surface area contributed by atoms with E-state index in [4.69, 9.17) is 21.6 Å². The van der Waals surface area contributed by atoms with E-state index in [1.807, 2.05) is 19.9 Å². The number of ether oxygens (including phenoxy) is 1. The Hall–Kier alpha value is -2.85. The molecule has 0 aliphatic carbocycles. The van der Waals surface area contributed by atoms with Crippen LogP contribution in [-0.4, -0.2) is 22.6 Å². The Kier molecular flexibility index (Phi) is 5.93. The number of carbonyl (C=O) groups is 1. The molecule has 2 aromatic rings. The molecule has 24 heavy (non-hydrogen) atoms. The SMILES string of the molecule is CC(C)CN(NC(=O)Oc1ccccc1Cl)c1ccnc(C#N)n1. The lowest BCUT2D eigenvalue weighted by molar-refractivity contribution is 0.198. The number of carbonyl (C=O) groups excluding carboxylic acids is 1. The smallest absolute Gasteiger partial charge is 0.408 e. The third-order valence-electron chi connectivity index (χ3n) is 2.83. The molecule has 2 rings (SSSR count). The molecule has 0 bridgehead atoms. The Bertz CT molecular complexity index is 760. The van der Waals surface area contributed by atoms with Crippen molar-refractivity contribution < 1.29 is 9.53 Å². The number of nitriles is 1. The summed E-state index contributed by atoms with van der Waals surface area (Å²) in [7, 11) is 0. The Morgan fingerprint density at radius 1 is 1.42 bits per heavy atom. The Morgan fingerprint density at radius 2 is 2.17 bits per heavy atom. The summed E-state index contributed by atoms with van der Waals surface area (Å²) in [5.41, 5.74) is 2.61. The van der Waals surface area contributed by atoms with Gasteiger partial charge in [-0.15, -0.1) is 0 Å². The lowest BCUT2D eigenvalue weighted by Crippen LogP contribution is -2.46. The molecule has 0 radical (unpaired) electrons. The minimum Gasteiger partial charge on any atom is -0.408 e. The summed E-state index contributed by atoms with van der Waals surface area (Å²) in [6.45, 7) is 4.44. The number of halogens is 1. The van der Waals surface area contributed by atoms with Gasteiger partial charge in [0.05, 0.1) is 5.02 Å². The van der Waals surface area contributed by atoms with Crippen LogP contribution in [0.25, 0.3) is 0 Å². The van der Waals surface area contributed by atoms with Gasteiger partial charge in [0, 0.05) is 18.8 Å². The number of amides is 1. The largest absolute Gasteiger partial charge is 0.431 e. The number of hydrogen-bond acceptors (Lipinski definition) is 6. The minimum atomic E-state index is -0.708. The van der Waals surface area contributed by atoms with Crippen LogP contribution in [0.4, 0.5) is 10.6 Å². The zero-order chi connectivity index (χ0) is 17.5. The summed E-state index contributed by atoms with van der Waals surface area (Å²) in [6.07, 6.45) is 0.746. The molecule has 0 aliphatic heterocycles. The summed E-state index contributed by atoms with van der Waals surface area (Å²) in [4.78, 5) is 20.0. The number of benzene rings is 1. The van der Waals surface area contributed by atoms with Crippen LogP contribution < -0.4 is 15.2 Å². The standard InChI is InChI=1S/C16H16ClN5O2/c1-11(2)10-22(15-7-8-19-14(9-18)20-15)21-16(23)24-13-6-4-3-5-12(13)17/h3-8,11H,10H2,1-2H3,(H,21,23). The molecule has 1 aromatic heterocycles. The molecule has 0 saturated heterocycles. The van der Waals surface area contributed by atoms with Gasteiger partial charge in [0.25, 0.3) is 0 Å². The summed E-state index contributed by atoms with van der Waals surface area (Å²) in [6, 6.07) is 10.1. The number of nitrogens with one attached hydrogen (secondary N) is 1. The monoisotopic (exact) mass is 345 g/mol. The van der Waals surface area contributed by atoms with Crippen LogP contribution in [0.5, 0.6) is 5.75 Å². The van der Waals surface area contributed by atoms with Crippen molar-refractivity contribution in [1.29, 1.82) is 5.26 Å².